The number of carboxylic acids is 1. The number of esters is 1. The molecule has 2 rings (SSSR count). The molecule has 0 radical (unpaired) electrons. The normalized spacial score (nSPS) is 17.8. The molecule has 0 amide bonds. The van der Waals surface area contributed by atoms with E-state index in [1.807, 2.05) is 13.8 Å². The summed E-state index contributed by atoms with van der Waals surface area (Å²) in [6, 6.07) is 6.02. The first-order valence-electron chi connectivity index (χ1n) is 9.22. The summed E-state index contributed by atoms with van der Waals surface area (Å²) in [4.78, 5) is 22.4. The molecular weight excluding hydrogens is 330 g/mol. The van der Waals surface area contributed by atoms with Crippen LogP contribution in [-0.4, -0.2) is 34.7 Å². The van der Waals surface area contributed by atoms with Gasteiger partial charge in [-0.25, -0.2) is 9.59 Å². The monoisotopic (exact) mass is 363 g/mol. The molecule has 146 valence electrons. The Morgan fingerprint density at radius 2 is 1.58 bits per heavy atom. The Kier molecular flexibility index (Phi) is 7.82. The van der Waals surface area contributed by atoms with Crippen molar-refractivity contribution in [1.29, 1.82) is 0 Å². The first kappa shape index (κ1) is 22.2. The van der Waals surface area contributed by atoms with Gasteiger partial charge in [-0.1, -0.05) is 26.0 Å². The molecule has 1 aliphatic heterocycles. The summed E-state index contributed by atoms with van der Waals surface area (Å²) in [6.45, 7) is 13.3. The SMILES string of the molecule is CC(C)COC(=O)c1ccccc1C(=O)O.CC1(C)CCCC(C)(C)N1. The lowest BCUT2D eigenvalue weighted by molar-refractivity contribution is 0.0450. The van der Waals surface area contributed by atoms with Gasteiger partial charge in [0, 0.05) is 11.1 Å². The van der Waals surface area contributed by atoms with E-state index >= 15 is 0 Å². The minimum atomic E-state index is -1.13. The van der Waals surface area contributed by atoms with Gasteiger partial charge in [0.2, 0.25) is 0 Å². The van der Waals surface area contributed by atoms with Gasteiger partial charge in [-0.15, -0.1) is 0 Å². The van der Waals surface area contributed by atoms with Crippen LogP contribution < -0.4 is 5.32 Å². The van der Waals surface area contributed by atoms with Crippen LogP contribution in [0, 0.1) is 5.92 Å². The number of benzene rings is 1. The zero-order chi connectivity index (χ0) is 20.0. The quantitative estimate of drug-likeness (QED) is 0.770. The molecule has 0 saturated carbocycles. The number of carbonyl (C=O) groups is 2. The lowest BCUT2D eigenvalue weighted by atomic mass is 9.83. The molecule has 5 heteroatoms. The fourth-order valence-electron chi connectivity index (χ4n) is 3.18. The van der Waals surface area contributed by atoms with Gasteiger partial charge in [0.1, 0.15) is 0 Å². The molecule has 0 aliphatic carbocycles. The van der Waals surface area contributed by atoms with Gasteiger partial charge in [0.25, 0.3) is 0 Å². The predicted molar refractivity (Wildman–Crippen MR) is 104 cm³/mol. The Morgan fingerprint density at radius 1 is 1.08 bits per heavy atom. The third kappa shape index (κ3) is 7.56. The van der Waals surface area contributed by atoms with Crippen LogP contribution in [0.15, 0.2) is 24.3 Å². The Bertz CT molecular complexity index is 606. The van der Waals surface area contributed by atoms with Crippen molar-refractivity contribution < 1.29 is 19.4 Å². The lowest BCUT2D eigenvalue weighted by Crippen LogP contribution is -2.55. The number of rotatable bonds is 4. The maximum absolute atomic E-state index is 11.6. The number of ether oxygens (including phenoxy) is 1. The Labute approximate surface area is 157 Å². The molecule has 1 aliphatic rings. The highest BCUT2D eigenvalue weighted by atomic mass is 16.5. The van der Waals surface area contributed by atoms with Crippen molar-refractivity contribution in [2.45, 2.75) is 71.9 Å². The average Bonchev–Trinajstić information content (AvgIpc) is 2.50. The van der Waals surface area contributed by atoms with Gasteiger partial charge in [-0.3, -0.25) is 0 Å². The fourth-order valence-corrected chi connectivity index (χ4v) is 3.18. The summed E-state index contributed by atoms with van der Waals surface area (Å²) in [5.74, 6) is -1.50. The molecule has 5 nitrogen and oxygen atoms in total. The molecule has 0 atom stereocenters. The average molecular weight is 363 g/mol. The number of carbonyl (C=O) groups excluding carboxylic acids is 1. The molecule has 1 heterocycles. The number of hydrogen-bond donors (Lipinski definition) is 2. The third-order valence-electron chi connectivity index (χ3n) is 4.21. The van der Waals surface area contributed by atoms with Crippen molar-refractivity contribution in [1.82, 2.24) is 5.32 Å². The van der Waals surface area contributed by atoms with E-state index < -0.39 is 11.9 Å². The highest BCUT2D eigenvalue weighted by molar-refractivity contribution is 6.02. The van der Waals surface area contributed by atoms with Gasteiger partial charge in [0.15, 0.2) is 0 Å². The summed E-state index contributed by atoms with van der Waals surface area (Å²) in [5, 5.41) is 12.5. The second-order valence-corrected chi connectivity index (χ2v) is 8.59. The van der Waals surface area contributed by atoms with Crippen LogP contribution >= 0.6 is 0 Å². The Hall–Kier alpha value is -1.88. The van der Waals surface area contributed by atoms with Crippen molar-refractivity contribution in [2.75, 3.05) is 6.61 Å². The maximum Gasteiger partial charge on any atom is 0.339 e. The van der Waals surface area contributed by atoms with Gasteiger partial charge in [0.05, 0.1) is 17.7 Å². The molecule has 2 N–H and O–H groups in total. The van der Waals surface area contributed by atoms with E-state index in [4.69, 9.17) is 9.84 Å². The fraction of sp³-hybridized carbons (Fsp3) is 0.619. The molecule has 1 aromatic rings. The van der Waals surface area contributed by atoms with Crippen LogP contribution in [0.2, 0.25) is 0 Å². The predicted octanol–water partition coefficient (Wildman–Crippen LogP) is 4.51. The van der Waals surface area contributed by atoms with Crippen LogP contribution in [0.4, 0.5) is 0 Å². The largest absolute Gasteiger partial charge is 0.478 e. The highest BCUT2D eigenvalue weighted by Gasteiger charge is 2.31. The molecule has 1 saturated heterocycles. The van der Waals surface area contributed by atoms with Gasteiger partial charge >= 0.3 is 11.9 Å². The van der Waals surface area contributed by atoms with Crippen molar-refractivity contribution in [3.8, 4) is 0 Å². The molecule has 26 heavy (non-hydrogen) atoms. The second kappa shape index (κ2) is 9.17. The van der Waals surface area contributed by atoms with E-state index in [2.05, 4.69) is 33.0 Å². The molecule has 0 bridgehead atoms. The summed E-state index contributed by atoms with van der Waals surface area (Å²) < 4.78 is 4.98. The molecule has 1 fully saturated rings. The molecule has 1 aromatic carbocycles. The first-order valence-corrected chi connectivity index (χ1v) is 9.22. The van der Waals surface area contributed by atoms with Crippen LogP contribution in [0.5, 0.6) is 0 Å². The smallest absolute Gasteiger partial charge is 0.339 e. The van der Waals surface area contributed by atoms with Gasteiger partial charge < -0.3 is 15.2 Å². The molecule has 0 aromatic heterocycles. The van der Waals surface area contributed by atoms with Gasteiger partial charge in [-0.05, 0) is 65.0 Å². The van der Waals surface area contributed by atoms with Crippen LogP contribution in [0.3, 0.4) is 0 Å². The Morgan fingerprint density at radius 3 is 1.96 bits per heavy atom. The zero-order valence-electron chi connectivity index (χ0n) is 16.9. The van der Waals surface area contributed by atoms with E-state index in [0.717, 1.165) is 0 Å². The summed E-state index contributed by atoms with van der Waals surface area (Å²) in [6.07, 6.45) is 4.00. The highest BCUT2D eigenvalue weighted by Crippen LogP contribution is 2.27. The van der Waals surface area contributed by atoms with Gasteiger partial charge in [-0.2, -0.15) is 0 Å². The zero-order valence-corrected chi connectivity index (χ0v) is 16.9. The standard InChI is InChI=1S/C12H14O4.C9H19N/c1-8(2)7-16-12(15)10-6-4-3-5-9(10)11(13)14;1-8(2)6-5-7-9(3,4)10-8/h3-6,8H,7H2,1-2H3,(H,13,14);10H,5-7H2,1-4H3. The first-order chi connectivity index (χ1) is 11.9. The molecule has 0 unspecified atom stereocenters. The molecular formula is C21H33NO4. The summed E-state index contributed by atoms with van der Waals surface area (Å²) in [5.41, 5.74) is 0.788. The van der Waals surface area contributed by atoms with Crippen molar-refractivity contribution >= 4 is 11.9 Å². The maximum atomic E-state index is 11.6. The number of nitrogens with one attached hydrogen (secondary N) is 1. The number of piperidine rings is 1. The van der Waals surface area contributed by atoms with Crippen LogP contribution in [-0.2, 0) is 4.74 Å². The minimum Gasteiger partial charge on any atom is -0.478 e. The summed E-state index contributed by atoms with van der Waals surface area (Å²) >= 11 is 0. The topological polar surface area (TPSA) is 75.6 Å². The molecule has 0 spiro atoms. The minimum absolute atomic E-state index is 0.0312. The second-order valence-electron chi connectivity index (χ2n) is 8.59. The third-order valence-corrected chi connectivity index (χ3v) is 4.21. The van der Waals surface area contributed by atoms with E-state index in [9.17, 15) is 9.59 Å². The lowest BCUT2D eigenvalue weighted by Gasteiger charge is -2.42. The number of hydrogen-bond acceptors (Lipinski definition) is 4. The van der Waals surface area contributed by atoms with Crippen LogP contribution in [0.1, 0.15) is 81.5 Å². The van der Waals surface area contributed by atoms with Crippen LogP contribution in [0.25, 0.3) is 0 Å². The van der Waals surface area contributed by atoms with Crippen molar-refractivity contribution in [2.24, 2.45) is 5.92 Å². The summed E-state index contributed by atoms with van der Waals surface area (Å²) in [7, 11) is 0. The van der Waals surface area contributed by atoms with E-state index in [-0.39, 0.29) is 23.7 Å². The van der Waals surface area contributed by atoms with E-state index in [0.29, 0.717) is 11.1 Å². The Balaban J connectivity index is 0.000000289. The van der Waals surface area contributed by atoms with Crippen molar-refractivity contribution in [3.63, 3.8) is 0 Å². The number of carboxylic acid groups (broad SMARTS) is 1. The van der Waals surface area contributed by atoms with Crippen molar-refractivity contribution in [3.05, 3.63) is 35.4 Å². The number of aromatic carboxylic acids is 1. The van der Waals surface area contributed by atoms with E-state index in [1.165, 1.54) is 31.4 Å². The van der Waals surface area contributed by atoms with E-state index in [1.54, 1.807) is 12.1 Å².